The lowest BCUT2D eigenvalue weighted by Gasteiger charge is -2.29. The zero-order chi connectivity index (χ0) is 69.8. The van der Waals surface area contributed by atoms with Crippen molar-refractivity contribution in [3.05, 3.63) is 230 Å². The summed E-state index contributed by atoms with van der Waals surface area (Å²) in [4.78, 5) is 15.2. The summed E-state index contributed by atoms with van der Waals surface area (Å²) in [7, 11) is 0. The first-order valence-corrected chi connectivity index (χ1v) is 35.0. The molecule has 0 fully saturated rings. The van der Waals surface area contributed by atoms with Crippen molar-refractivity contribution in [3.8, 4) is 51.4 Å². The minimum Gasteiger partial charge on any atom is -0.507 e. The SMILES string of the molecule is CC(C)(C)c1cc2c(O)c(c1)Cc1cc(C(C)(C)C)cc(c1OCCOc1cc3ccccc3cc1C(=O)Oc1ccc3ccccc3c1-c1c(O)ccc3ccccc13)Cc1cc(C(C)(C)C)cc3c1OCCOCCOCCOCCOCCOc1c(cc(C(C)(C)C)cc1C3)C2. The van der Waals surface area contributed by atoms with Crippen molar-refractivity contribution in [1.29, 1.82) is 0 Å². The number of rotatable bonds is 8. The van der Waals surface area contributed by atoms with E-state index in [0.717, 1.165) is 111 Å². The fourth-order valence-electron chi connectivity index (χ4n) is 13.4. The number of phenolic OH excluding ortho intramolecular Hbond substituents is 2. The van der Waals surface area contributed by atoms with Gasteiger partial charge in [0.25, 0.3) is 0 Å². The Kier molecular flexibility index (Phi) is 20.8. The smallest absolute Gasteiger partial charge is 0.347 e. The molecule has 0 radical (unpaired) electrons. The van der Waals surface area contributed by atoms with E-state index in [4.69, 9.17) is 42.6 Å². The third kappa shape index (κ3) is 16.2. The van der Waals surface area contributed by atoms with Crippen LogP contribution in [-0.4, -0.2) is 95.5 Å². The number of fused-ring (bicyclic) bond motifs is 7. The maximum absolute atomic E-state index is 15.2. The molecule has 10 aromatic rings. The van der Waals surface area contributed by atoms with Crippen molar-refractivity contribution in [3.63, 3.8) is 0 Å². The number of hydrogen-bond donors (Lipinski definition) is 2. The van der Waals surface area contributed by atoms with Crippen molar-refractivity contribution in [2.45, 2.75) is 130 Å². The monoisotopic (exact) mass is 1330 g/mol. The lowest BCUT2D eigenvalue weighted by atomic mass is 9.79. The molecule has 2 N–H and O–H groups in total. The largest absolute Gasteiger partial charge is 0.507 e. The van der Waals surface area contributed by atoms with Gasteiger partial charge in [0.2, 0.25) is 0 Å². The van der Waals surface area contributed by atoms with E-state index in [-0.39, 0.29) is 58.5 Å². The van der Waals surface area contributed by atoms with E-state index in [1.807, 2.05) is 97.1 Å². The first-order valence-electron chi connectivity index (χ1n) is 35.0. The van der Waals surface area contributed by atoms with Gasteiger partial charge >= 0.3 is 5.97 Å². The summed E-state index contributed by atoms with van der Waals surface area (Å²) in [5.74, 6) is 2.48. The van der Waals surface area contributed by atoms with Gasteiger partial charge in [-0.05, 0) is 145 Å². The van der Waals surface area contributed by atoms with Crippen LogP contribution in [-0.2, 0) is 66.3 Å². The van der Waals surface area contributed by atoms with Gasteiger partial charge in [0.1, 0.15) is 72.2 Å². The standard InChI is InChI=1S/C87H96O12/c1-84(2,3)67-45-59-41-61-47-68(85(4,5)6)49-63-43-65-51-70(87(10,11)12)52-66(82(65)97-38-36-94-34-32-92-30-29-91-31-33-93-35-37-96-80(61)63)44-64-50-69(86(7,8)9)48-62(42-60(46-67)79(59)89)81(64)98-40-39-95-76-54-58-22-14-13-21-57(58)53-73(76)83(90)99-75-28-26-56-20-16-18-24-72(56)78(75)77-71-23-17-15-19-55(71)25-27-74(77)88/h13-28,45-54,88-89H,29-44H2,1-12H3. The van der Waals surface area contributed by atoms with E-state index in [9.17, 15) is 10.2 Å². The van der Waals surface area contributed by atoms with Gasteiger partial charge in [0.15, 0.2) is 0 Å². The van der Waals surface area contributed by atoms with Crippen molar-refractivity contribution >= 4 is 38.3 Å². The molecule has 12 nitrogen and oxygen atoms in total. The number of esters is 1. The molecule has 0 amide bonds. The van der Waals surface area contributed by atoms with Crippen LogP contribution in [0.1, 0.15) is 160 Å². The van der Waals surface area contributed by atoms with E-state index in [0.29, 0.717) is 114 Å². The number of phenols is 2. The van der Waals surface area contributed by atoms with Gasteiger partial charge in [0.05, 0.1) is 52.9 Å². The summed E-state index contributed by atoms with van der Waals surface area (Å²) in [5, 5.41) is 30.0. The summed E-state index contributed by atoms with van der Waals surface area (Å²) in [5.41, 5.74) is 12.1. The van der Waals surface area contributed by atoms with E-state index in [2.05, 4.69) is 132 Å². The Balaban J connectivity index is 0.982. The quantitative estimate of drug-likeness (QED) is 0.0850. The molecule has 12 heteroatoms. The molecule has 516 valence electrons. The molecule has 0 atom stereocenters. The van der Waals surface area contributed by atoms with Crippen LogP contribution in [0.5, 0.6) is 40.2 Å². The van der Waals surface area contributed by atoms with Crippen LogP contribution in [0.15, 0.2) is 158 Å². The Morgan fingerprint density at radius 1 is 0.374 bits per heavy atom. The Labute approximate surface area is 584 Å². The number of benzene rings is 10. The van der Waals surface area contributed by atoms with E-state index in [1.165, 1.54) is 0 Å². The Morgan fingerprint density at radius 3 is 1.21 bits per heavy atom. The molecule has 12 rings (SSSR count). The molecule has 0 unspecified atom stereocenters. The van der Waals surface area contributed by atoms with Gasteiger partial charge in [-0.15, -0.1) is 0 Å². The van der Waals surface area contributed by atoms with Gasteiger partial charge in [0, 0.05) is 36.8 Å². The maximum Gasteiger partial charge on any atom is 0.347 e. The topological polar surface area (TPSA) is 141 Å². The average molecular weight is 1330 g/mol. The van der Waals surface area contributed by atoms with E-state index >= 15 is 4.79 Å². The van der Waals surface area contributed by atoms with Crippen LogP contribution in [0, 0.1) is 0 Å². The van der Waals surface area contributed by atoms with Gasteiger partial charge in [-0.25, -0.2) is 4.79 Å². The second kappa shape index (κ2) is 29.5. The minimum atomic E-state index is -0.626. The van der Waals surface area contributed by atoms with Gasteiger partial charge in [-0.3, -0.25) is 0 Å². The lowest BCUT2D eigenvalue weighted by Crippen LogP contribution is -2.19. The molecule has 2 aliphatic rings. The van der Waals surface area contributed by atoms with Crippen LogP contribution < -0.4 is 23.7 Å². The first-order chi connectivity index (χ1) is 47.3. The zero-order valence-corrected chi connectivity index (χ0v) is 59.8. The third-order valence-electron chi connectivity index (χ3n) is 19.0. The molecule has 10 aromatic carbocycles. The molecule has 10 bridgehead atoms. The molecule has 0 saturated carbocycles. The Hall–Kier alpha value is -8.91. The molecule has 0 spiro atoms. The molecule has 0 aromatic heterocycles. The van der Waals surface area contributed by atoms with Crippen LogP contribution >= 0.6 is 0 Å². The fourth-order valence-corrected chi connectivity index (χ4v) is 13.4. The third-order valence-corrected chi connectivity index (χ3v) is 19.0. The predicted octanol–water partition coefficient (Wildman–Crippen LogP) is 18.6. The highest BCUT2D eigenvalue weighted by Gasteiger charge is 2.31. The minimum absolute atomic E-state index is 0.0419. The fraction of sp³-hybridized carbons (Fsp3) is 0.368. The molecule has 0 saturated heterocycles. The highest BCUT2D eigenvalue weighted by molar-refractivity contribution is 6.11. The molecule has 99 heavy (non-hydrogen) atoms. The van der Waals surface area contributed by atoms with Crippen molar-refractivity contribution < 1.29 is 57.6 Å². The first kappa shape index (κ1) is 70.0. The highest BCUT2D eigenvalue weighted by Crippen LogP contribution is 2.48. The van der Waals surface area contributed by atoms with Gasteiger partial charge < -0.3 is 52.8 Å². The van der Waals surface area contributed by atoms with Gasteiger partial charge in [-0.2, -0.15) is 0 Å². The van der Waals surface area contributed by atoms with Crippen LogP contribution in [0.2, 0.25) is 0 Å². The molecule has 1 heterocycles. The lowest BCUT2D eigenvalue weighted by molar-refractivity contribution is -0.00701. The number of carbonyl (C=O) groups excluding carboxylic acids is 1. The van der Waals surface area contributed by atoms with Crippen LogP contribution in [0.4, 0.5) is 0 Å². The summed E-state index contributed by atoms with van der Waals surface area (Å²) in [6.45, 7) is 30.8. The zero-order valence-electron chi connectivity index (χ0n) is 59.8. The number of hydrogen-bond acceptors (Lipinski definition) is 12. The molecular formula is C87H96O12. The van der Waals surface area contributed by atoms with Crippen LogP contribution in [0.25, 0.3) is 43.4 Å². The van der Waals surface area contributed by atoms with Gasteiger partial charge in [-0.1, -0.05) is 217 Å². The normalized spacial score (nSPS) is 14.9. The maximum atomic E-state index is 15.2. The second-order valence-electron chi connectivity index (χ2n) is 30.5. The Morgan fingerprint density at radius 2 is 0.737 bits per heavy atom. The predicted molar refractivity (Wildman–Crippen MR) is 396 cm³/mol. The van der Waals surface area contributed by atoms with Crippen LogP contribution in [0.3, 0.4) is 0 Å². The number of aromatic hydroxyl groups is 2. The summed E-state index contributed by atoms with van der Waals surface area (Å²) in [6.07, 6.45) is 1.60. The Bertz CT molecular complexity index is 4590. The van der Waals surface area contributed by atoms with Crippen molar-refractivity contribution in [2.24, 2.45) is 0 Å². The number of ether oxygens (including phenoxy) is 9. The molecular weight excluding hydrogens is 1240 g/mol. The summed E-state index contributed by atoms with van der Waals surface area (Å²) in [6, 6.07) is 52.7. The van der Waals surface area contributed by atoms with Crippen molar-refractivity contribution in [1.82, 2.24) is 0 Å². The molecule has 1 aliphatic carbocycles. The van der Waals surface area contributed by atoms with Crippen molar-refractivity contribution in [2.75, 3.05) is 79.3 Å². The average Bonchev–Trinajstić information content (AvgIpc) is 0.762. The van der Waals surface area contributed by atoms with E-state index < -0.39 is 5.97 Å². The molecule has 1 aliphatic heterocycles. The second-order valence-corrected chi connectivity index (χ2v) is 30.5. The summed E-state index contributed by atoms with van der Waals surface area (Å²) < 4.78 is 58.9. The number of carbonyl (C=O) groups is 1. The summed E-state index contributed by atoms with van der Waals surface area (Å²) >= 11 is 0. The highest BCUT2D eigenvalue weighted by atomic mass is 16.6. The van der Waals surface area contributed by atoms with E-state index in [1.54, 1.807) is 12.1 Å².